The molecule has 0 heterocycles. The molecular weight excluding hydrogens is 258 g/mol. The van der Waals surface area contributed by atoms with Crippen LogP contribution in [0, 0.1) is 0 Å². The van der Waals surface area contributed by atoms with Crippen LogP contribution in [-0.2, 0) is 19.1 Å². The van der Waals surface area contributed by atoms with Crippen molar-refractivity contribution in [3.63, 3.8) is 0 Å². The predicted molar refractivity (Wildman–Crippen MR) is 78.4 cm³/mol. The van der Waals surface area contributed by atoms with Crippen LogP contribution >= 0.6 is 0 Å². The summed E-state index contributed by atoms with van der Waals surface area (Å²) in [6, 6.07) is 0. The number of carbonyl (C=O) groups excluding carboxylic acids is 2. The van der Waals surface area contributed by atoms with E-state index in [1.165, 1.54) is 0 Å². The third-order valence-electron chi connectivity index (χ3n) is 2.69. The summed E-state index contributed by atoms with van der Waals surface area (Å²) in [6.07, 6.45) is 2.40. The van der Waals surface area contributed by atoms with Crippen molar-refractivity contribution in [2.75, 3.05) is 20.6 Å². The van der Waals surface area contributed by atoms with Crippen LogP contribution in [0.3, 0.4) is 0 Å². The molecule has 5 nitrogen and oxygen atoms in total. The normalized spacial score (nSPS) is 12.6. The van der Waals surface area contributed by atoms with E-state index in [0.717, 1.165) is 19.4 Å². The molecule has 0 aliphatic carbocycles. The Balaban J connectivity index is 4.32. The van der Waals surface area contributed by atoms with Gasteiger partial charge in [0.2, 0.25) is 0 Å². The van der Waals surface area contributed by atoms with E-state index < -0.39 is 6.10 Å². The van der Waals surface area contributed by atoms with E-state index in [-0.39, 0.29) is 24.5 Å². The van der Waals surface area contributed by atoms with Gasteiger partial charge in [-0.15, -0.1) is 0 Å². The number of carbonyl (C=O) groups is 2. The molecule has 118 valence electrons. The van der Waals surface area contributed by atoms with Gasteiger partial charge in [0.1, 0.15) is 6.10 Å². The fraction of sp³-hybridized carbons (Fsp3) is 0.867. The van der Waals surface area contributed by atoms with Crippen molar-refractivity contribution in [3.05, 3.63) is 0 Å². The Bertz CT molecular complexity index is 290. The molecule has 0 amide bonds. The number of nitrogens with zero attached hydrogens (tertiary/aromatic N) is 1. The van der Waals surface area contributed by atoms with Gasteiger partial charge < -0.3 is 14.4 Å². The first-order valence-corrected chi connectivity index (χ1v) is 7.38. The molecule has 0 saturated carbocycles. The van der Waals surface area contributed by atoms with Crippen LogP contribution in [0.15, 0.2) is 0 Å². The Morgan fingerprint density at radius 2 is 1.75 bits per heavy atom. The zero-order chi connectivity index (χ0) is 15.5. The third-order valence-corrected chi connectivity index (χ3v) is 2.69. The molecule has 0 aromatic rings. The summed E-state index contributed by atoms with van der Waals surface area (Å²) >= 11 is 0. The van der Waals surface area contributed by atoms with E-state index in [9.17, 15) is 9.59 Å². The molecule has 5 heteroatoms. The van der Waals surface area contributed by atoms with Crippen LogP contribution in [-0.4, -0.2) is 49.7 Å². The van der Waals surface area contributed by atoms with Gasteiger partial charge in [0.05, 0.1) is 12.5 Å². The van der Waals surface area contributed by atoms with Crippen molar-refractivity contribution in [2.24, 2.45) is 0 Å². The lowest BCUT2D eigenvalue weighted by Gasteiger charge is -2.20. The zero-order valence-electron chi connectivity index (χ0n) is 13.5. The van der Waals surface area contributed by atoms with Crippen molar-refractivity contribution in [3.8, 4) is 0 Å². The first kappa shape index (κ1) is 18.9. The fourth-order valence-electron chi connectivity index (χ4n) is 1.67. The number of unbranched alkanes of at least 4 members (excludes halogenated alkanes) is 1. The minimum absolute atomic E-state index is 0.129. The monoisotopic (exact) mass is 287 g/mol. The molecular formula is C15H29NO4. The van der Waals surface area contributed by atoms with E-state index in [1.807, 2.05) is 25.9 Å². The molecule has 0 N–H and O–H groups in total. The Morgan fingerprint density at radius 1 is 1.10 bits per heavy atom. The molecule has 0 aliphatic rings. The minimum atomic E-state index is -0.395. The third kappa shape index (κ3) is 10.8. The van der Waals surface area contributed by atoms with Crippen molar-refractivity contribution >= 4 is 11.9 Å². The highest BCUT2D eigenvalue weighted by molar-refractivity contribution is 5.72. The number of rotatable bonds is 10. The van der Waals surface area contributed by atoms with Crippen molar-refractivity contribution in [2.45, 2.75) is 65.1 Å². The minimum Gasteiger partial charge on any atom is -0.463 e. The summed E-state index contributed by atoms with van der Waals surface area (Å²) < 4.78 is 10.5. The van der Waals surface area contributed by atoms with Gasteiger partial charge in [0.15, 0.2) is 0 Å². The molecule has 0 rings (SSSR count). The summed E-state index contributed by atoms with van der Waals surface area (Å²) in [5, 5.41) is 0. The lowest BCUT2D eigenvalue weighted by atomic mass is 10.1. The standard InChI is InChI=1S/C15H29NO4/c1-6-7-8-14(17)20-13(9-10-16(4)5)11-15(18)19-12(2)3/h12-13H,6-11H2,1-5H3/t13-/m0/s1. The number of ether oxygens (including phenoxy) is 2. The molecule has 0 radical (unpaired) electrons. The molecule has 0 saturated heterocycles. The summed E-state index contributed by atoms with van der Waals surface area (Å²) in [5.74, 6) is -0.542. The molecule has 0 aromatic carbocycles. The van der Waals surface area contributed by atoms with Gasteiger partial charge in [0.25, 0.3) is 0 Å². The maximum absolute atomic E-state index is 11.7. The Kier molecular flexibility index (Phi) is 10.1. The maximum Gasteiger partial charge on any atom is 0.309 e. The molecule has 0 unspecified atom stereocenters. The van der Waals surface area contributed by atoms with Gasteiger partial charge in [-0.05, 0) is 40.8 Å². The predicted octanol–water partition coefficient (Wildman–Crippen LogP) is 2.38. The van der Waals surface area contributed by atoms with Crippen molar-refractivity contribution in [1.29, 1.82) is 0 Å². The van der Waals surface area contributed by atoms with E-state index in [0.29, 0.717) is 12.8 Å². The summed E-state index contributed by atoms with van der Waals surface area (Å²) in [7, 11) is 3.89. The molecule has 0 aromatic heterocycles. The highest BCUT2D eigenvalue weighted by Gasteiger charge is 2.20. The molecule has 0 spiro atoms. The maximum atomic E-state index is 11.7. The van der Waals surface area contributed by atoms with Crippen LogP contribution in [0.4, 0.5) is 0 Å². The lowest BCUT2D eigenvalue weighted by molar-refractivity contribution is -0.157. The largest absolute Gasteiger partial charge is 0.463 e. The van der Waals surface area contributed by atoms with E-state index in [1.54, 1.807) is 13.8 Å². The summed E-state index contributed by atoms with van der Waals surface area (Å²) in [5.41, 5.74) is 0. The number of esters is 2. The first-order valence-electron chi connectivity index (χ1n) is 7.38. The fourth-order valence-corrected chi connectivity index (χ4v) is 1.67. The second-order valence-electron chi connectivity index (χ2n) is 5.55. The average Bonchev–Trinajstić information content (AvgIpc) is 2.32. The zero-order valence-corrected chi connectivity index (χ0v) is 13.5. The second kappa shape index (κ2) is 10.7. The summed E-state index contributed by atoms with van der Waals surface area (Å²) in [6.45, 7) is 6.40. The quantitative estimate of drug-likeness (QED) is 0.577. The number of hydrogen-bond acceptors (Lipinski definition) is 5. The average molecular weight is 287 g/mol. The number of hydrogen-bond donors (Lipinski definition) is 0. The highest BCUT2D eigenvalue weighted by atomic mass is 16.6. The van der Waals surface area contributed by atoms with Gasteiger partial charge in [-0.3, -0.25) is 9.59 Å². The topological polar surface area (TPSA) is 55.8 Å². The smallest absolute Gasteiger partial charge is 0.309 e. The Morgan fingerprint density at radius 3 is 2.25 bits per heavy atom. The SMILES string of the molecule is CCCCC(=O)O[C@@H](CCN(C)C)CC(=O)OC(C)C. The van der Waals surface area contributed by atoms with Crippen LogP contribution < -0.4 is 0 Å². The Hall–Kier alpha value is -1.10. The lowest BCUT2D eigenvalue weighted by Crippen LogP contribution is -2.27. The van der Waals surface area contributed by atoms with Crippen LogP contribution in [0.25, 0.3) is 0 Å². The van der Waals surface area contributed by atoms with E-state index >= 15 is 0 Å². The van der Waals surface area contributed by atoms with Crippen molar-refractivity contribution < 1.29 is 19.1 Å². The molecule has 0 aliphatic heterocycles. The first-order chi connectivity index (χ1) is 9.35. The van der Waals surface area contributed by atoms with E-state index in [2.05, 4.69) is 0 Å². The second-order valence-corrected chi connectivity index (χ2v) is 5.55. The van der Waals surface area contributed by atoms with Crippen LogP contribution in [0.2, 0.25) is 0 Å². The van der Waals surface area contributed by atoms with Gasteiger partial charge >= 0.3 is 11.9 Å². The molecule has 0 bridgehead atoms. The molecule has 20 heavy (non-hydrogen) atoms. The van der Waals surface area contributed by atoms with Crippen LogP contribution in [0.1, 0.15) is 52.9 Å². The summed E-state index contributed by atoms with van der Waals surface area (Å²) in [4.78, 5) is 25.4. The van der Waals surface area contributed by atoms with Gasteiger partial charge in [-0.2, -0.15) is 0 Å². The van der Waals surface area contributed by atoms with Gasteiger partial charge in [-0.1, -0.05) is 13.3 Å². The van der Waals surface area contributed by atoms with Crippen molar-refractivity contribution in [1.82, 2.24) is 4.90 Å². The molecule has 1 atom stereocenters. The molecule has 0 fully saturated rings. The Labute approximate surface area is 122 Å². The highest BCUT2D eigenvalue weighted by Crippen LogP contribution is 2.10. The van der Waals surface area contributed by atoms with Gasteiger partial charge in [-0.25, -0.2) is 0 Å². The van der Waals surface area contributed by atoms with E-state index in [4.69, 9.17) is 9.47 Å². The van der Waals surface area contributed by atoms with Gasteiger partial charge in [0, 0.05) is 13.0 Å². The van der Waals surface area contributed by atoms with Crippen LogP contribution in [0.5, 0.6) is 0 Å².